The van der Waals surface area contributed by atoms with Gasteiger partial charge in [-0.05, 0) is 73.4 Å². The molecule has 4 rings (SSSR count). The van der Waals surface area contributed by atoms with E-state index in [1.54, 1.807) is 6.07 Å². The number of nitrogens with one attached hydrogen (secondary N) is 1. The summed E-state index contributed by atoms with van der Waals surface area (Å²) < 4.78 is 14.5. The molecule has 0 saturated carbocycles. The number of carbonyl (C=O) groups excluding carboxylic acids is 1. The lowest BCUT2D eigenvalue weighted by atomic mass is 9.73. The van der Waals surface area contributed by atoms with Gasteiger partial charge in [-0.15, -0.1) is 0 Å². The molecule has 144 valence electrons. The highest BCUT2D eigenvalue weighted by Gasteiger charge is 2.48. The lowest BCUT2D eigenvalue weighted by Crippen LogP contribution is -2.45. The van der Waals surface area contributed by atoms with Crippen LogP contribution in [0.4, 0.5) is 10.1 Å². The number of hydrogen-bond donors (Lipinski definition) is 2. The third kappa shape index (κ3) is 3.07. The number of benzene rings is 2. The Labute approximate surface area is 163 Å². The summed E-state index contributed by atoms with van der Waals surface area (Å²) in [7, 11) is 2.07. The van der Waals surface area contributed by atoms with Crippen molar-refractivity contribution in [3.05, 3.63) is 53.3 Å². The Morgan fingerprint density at radius 1 is 1.25 bits per heavy atom. The maximum absolute atomic E-state index is 14.5. The minimum atomic E-state index is -0.721. The van der Waals surface area contributed by atoms with Gasteiger partial charge >= 0.3 is 0 Å². The predicted octanol–water partition coefficient (Wildman–Crippen LogP) is 2.80. The maximum Gasteiger partial charge on any atom is 0.235 e. The van der Waals surface area contributed by atoms with Crippen molar-refractivity contribution in [2.45, 2.75) is 30.7 Å². The summed E-state index contributed by atoms with van der Waals surface area (Å²) in [6.07, 6.45) is 1.75. The van der Waals surface area contributed by atoms with Crippen molar-refractivity contribution < 1.29 is 9.18 Å². The molecule has 1 saturated heterocycles. The highest BCUT2D eigenvalue weighted by molar-refractivity contribution is 6.06. The van der Waals surface area contributed by atoms with E-state index in [2.05, 4.69) is 17.3 Å². The van der Waals surface area contributed by atoms with E-state index in [0.29, 0.717) is 5.56 Å². The average Bonchev–Trinajstić information content (AvgIpc) is 2.96. The summed E-state index contributed by atoms with van der Waals surface area (Å²) in [5, 5.41) is 11.9. The molecule has 2 aliphatic rings. The van der Waals surface area contributed by atoms with Crippen LogP contribution in [0.15, 0.2) is 36.4 Å². The number of piperidine rings is 1. The minimum absolute atomic E-state index is 0.0692. The van der Waals surface area contributed by atoms with E-state index in [1.165, 1.54) is 6.07 Å². The summed E-state index contributed by atoms with van der Waals surface area (Å²) in [5.74, 6) is -0.299. The third-order valence-electron chi connectivity index (χ3n) is 6.05. The third-order valence-corrected chi connectivity index (χ3v) is 6.05. The second-order valence-electron chi connectivity index (χ2n) is 7.85. The van der Waals surface area contributed by atoms with E-state index in [9.17, 15) is 9.18 Å². The average molecular weight is 378 g/mol. The number of rotatable bonds is 3. The van der Waals surface area contributed by atoms with Crippen LogP contribution in [-0.4, -0.2) is 37.0 Å². The number of carbonyl (C=O) groups is 1. The molecule has 0 aromatic heterocycles. The first kappa shape index (κ1) is 18.6. The Hall–Kier alpha value is -2.75. The van der Waals surface area contributed by atoms with Gasteiger partial charge in [-0.3, -0.25) is 4.79 Å². The molecular weight excluding hydrogens is 355 g/mol. The van der Waals surface area contributed by atoms with Crippen LogP contribution in [-0.2, 0) is 16.6 Å². The number of nitriles is 1. The molecule has 0 bridgehead atoms. The molecule has 2 aromatic carbocycles. The van der Waals surface area contributed by atoms with Crippen molar-refractivity contribution in [3.8, 4) is 17.2 Å². The SMILES string of the molecule is CN1CCC2(CC1)C(=O)Nc1ccc(-c3ccc(CC(N)C#N)c(F)c3)cc12. The standard InChI is InChI=1S/C22H23FN4O/c1-27-8-6-22(7-9-27)18-11-14(4-5-20(18)26-21(22)28)15-2-3-16(19(23)12-15)10-17(25)13-24/h2-5,11-12,17H,6-10,25H2,1H3,(H,26,28). The molecule has 1 amide bonds. The van der Waals surface area contributed by atoms with Crippen LogP contribution < -0.4 is 11.1 Å². The first-order valence-electron chi connectivity index (χ1n) is 9.51. The van der Waals surface area contributed by atoms with E-state index in [1.807, 2.05) is 30.3 Å². The summed E-state index contributed by atoms with van der Waals surface area (Å²) in [6, 6.07) is 12.0. The second kappa shape index (κ2) is 7.01. The molecule has 3 N–H and O–H groups in total. The van der Waals surface area contributed by atoms with Gasteiger partial charge in [-0.2, -0.15) is 5.26 Å². The van der Waals surface area contributed by atoms with Crippen molar-refractivity contribution >= 4 is 11.6 Å². The van der Waals surface area contributed by atoms with Crippen LogP contribution in [0.5, 0.6) is 0 Å². The smallest absolute Gasteiger partial charge is 0.235 e. The molecule has 1 spiro atoms. The first-order valence-corrected chi connectivity index (χ1v) is 9.51. The highest BCUT2D eigenvalue weighted by Crippen LogP contribution is 2.46. The molecule has 2 aromatic rings. The number of hydrogen-bond acceptors (Lipinski definition) is 4. The number of nitrogens with zero attached hydrogens (tertiary/aromatic N) is 2. The monoisotopic (exact) mass is 378 g/mol. The van der Waals surface area contributed by atoms with Gasteiger partial charge in [0.15, 0.2) is 0 Å². The van der Waals surface area contributed by atoms with Crippen molar-refractivity contribution in [2.24, 2.45) is 5.73 Å². The van der Waals surface area contributed by atoms with Crippen molar-refractivity contribution in [1.82, 2.24) is 4.90 Å². The Morgan fingerprint density at radius 3 is 2.61 bits per heavy atom. The minimum Gasteiger partial charge on any atom is -0.325 e. The van der Waals surface area contributed by atoms with Crippen LogP contribution in [0, 0.1) is 17.1 Å². The number of likely N-dealkylation sites (tertiary alicyclic amines) is 1. The Morgan fingerprint density at radius 2 is 1.93 bits per heavy atom. The number of nitrogens with two attached hydrogens (primary N) is 1. The predicted molar refractivity (Wildman–Crippen MR) is 106 cm³/mol. The Kier molecular flexibility index (Phi) is 4.66. The Bertz CT molecular complexity index is 973. The van der Waals surface area contributed by atoms with Crippen LogP contribution in [0.25, 0.3) is 11.1 Å². The van der Waals surface area contributed by atoms with E-state index < -0.39 is 11.5 Å². The van der Waals surface area contributed by atoms with Gasteiger partial charge in [0.25, 0.3) is 0 Å². The molecular formula is C22H23FN4O. The summed E-state index contributed by atoms with van der Waals surface area (Å²) in [4.78, 5) is 15.0. The molecule has 0 aliphatic carbocycles. The molecule has 1 atom stereocenters. The zero-order chi connectivity index (χ0) is 19.9. The molecule has 6 heteroatoms. The van der Waals surface area contributed by atoms with Gasteiger partial charge in [0.2, 0.25) is 5.91 Å². The van der Waals surface area contributed by atoms with Crippen LogP contribution in [0.1, 0.15) is 24.0 Å². The Balaban J connectivity index is 1.69. The van der Waals surface area contributed by atoms with Crippen molar-refractivity contribution in [2.75, 3.05) is 25.5 Å². The fourth-order valence-electron chi connectivity index (χ4n) is 4.26. The van der Waals surface area contributed by atoms with Gasteiger partial charge in [0.1, 0.15) is 5.82 Å². The van der Waals surface area contributed by atoms with Gasteiger partial charge < -0.3 is 16.0 Å². The largest absolute Gasteiger partial charge is 0.325 e. The topological polar surface area (TPSA) is 82.2 Å². The quantitative estimate of drug-likeness (QED) is 0.860. The molecule has 2 aliphatic heterocycles. The van der Waals surface area contributed by atoms with E-state index in [0.717, 1.165) is 48.3 Å². The van der Waals surface area contributed by atoms with Gasteiger partial charge in [0, 0.05) is 12.1 Å². The number of amides is 1. The van der Waals surface area contributed by atoms with E-state index >= 15 is 0 Å². The number of anilines is 1. The number of fused-ring (bicyclic) bond motifs is 2. The van der Waals surface area contributed by atoms with Crippen LogP contribution in [0.3, 0.4) is 0 Å². The number of halogens is 1. The summed E-state index contributed by atoms with van der Waals surface area (Å²) >= 11 is 0. The molecule has 2 heterocycles. The molecule has 1 unspecified atom stereocenters. The fourth-order valence-corrected chi connectivity index (χ4v) is 4.26. The summed E-state index contributed by atoms with van der Waals surface area (Å²) in [6.45, 7) is 1.75. The molecule has 28 heavy (non-hydrogen) atoms. The zero-order valence-electron chi connectivity index (χ0n) is 15.8. The van der Waals surface area contributed by atoms with E-state index in [4.69, 9.17) is 11.0 Å². The molecule has 5 nitrogen and oxygen atoms in total. The van der Waals surface area contributed by atoms with Gasteiger partial charge in [0.05, 0.1) is 17.5 Å². The fraction of sp³-hybridized carbons (Fsp3) is 0.364. The van der Waals surface area contributed by atoms with Crippen LogP contribution >= 0.6 is 0 Å². The lowest BCUT2D eigenvalue weighted by molar-refractivity contribution is -0.122. The molecule has 1 fully saturated rings. The van der Waals surface area contributed by atoms with Crippen LogP contribution in [0.2, 0.25) is 0 Å². The second-order valence-corrected chi connectivity index (χ2v) is 7.85. The maximum atomic E-state index is 14.5. The van der Waals surface area contributed by atoms with Gasteiger partial charge in [-0.1, -0.05) is 18.2 Å². The van der Waals surface area contributed by atoms with Crippen molar-refractivity contribution in [3.63, 3.8) is 0 Å². The first-order chi connectivity index (χ1) is 13.4. The molecule has 0 radical (unpaired) electrons. The lowest BCUT2D eigenvalue weighted by Gasteiger charge is -2.36. The normalized spacial score (nSPS) is 19.1. The van der Waals surface area contributed by atoms with Gasteiger partial charge in [-0.25, -0.2) is 4.39 Å². The highest BCUT2D eigenvalue weighted by atomic mass is 19.1. The summed E-state index contributed by atoms with van der Waals surface area (Å²) in [5.41, 5.74) is 9.05. The van der Waals surface area contributed by atoms with E-state index in [-0.39, 0.29) is 18.1 Å². The van der Waals surface area contributed by atoms with Crippen molar-refractivity contribution in [1.29, 1.82) is 5.26 Å². The zero-order valence-corrected chi connectivity index (χ0v) is 15.8.